The highest BCUT2D eigenvalue weighted by Crippen LogP contribution is 2.38. The summed E-state index contributed by atoms with van der Waals surface area (Å²) >= 11 is 0. The first-order valence-corrected chi connectivity index (χ1v) is 10.5. The van der Waals surface area contributed by atoms with E-state index in [1.165, 1.54) is 14.2 Å². The fraction of sp³-hybridized carbons (Fsp3) is 0.0714. The molecule has 5 aromatic rings. The van der Waals surface area contributed by atoms with Gasteiger partial charge in [-0.05, 0) is 47.5 Å². The highest BCUT2D eigenvalue weighted by Gasteiger charge is 2.23. The van der Waals surface area contributed by atoms with Crippen molar-refractivity contribution in [2.45, 2.75) is 0 Å². The maximum Gasteiger partial charge on any atom is 0.338 e. The van der Waals surface area contributed by atoms with Crippen molar-refractivity contribution in [3.63, 3.8) is 0 Å². The number of nitrogens with zero attached hydrogens (tertiary/aromatic N) is 1. The molecule has 0 aliphatic carbocycles. The Hall–Kier alpha value is -4.38. The molecular formula is C28H21NO4. The Kier molecular flexibility index (Phi) is 5.15. The summed E-state index contributed by atoms with van der Waals surface area (Å²) in [6.45, 7) is 0. The monoisotopic (exact) mass is 435 g/mol. The van der Waals surface area contributed by atoms with Crippen LogP contribution in [0.1, 0.15) is 20.7 Å². The Balaban J connectivity index is 1.93. The summed E-state index contributed by atoms with van der Waals surface area (Å²) in [4.78, 5) is 25.4. The Bertz CT molecular complexity index is 1520. The number of benzene rings is 4. The van der Waals surface area contributed by atoms with Gasteiger partial charge in [0.15, 0.2) is 0 Å². The van der Waals surface area contributed by atoms with Gasteiger partial charge in [0.2, 0.25) is 0 Å². The summed E-state index contributed by atoms with van der Waals surface area (Å²) in [7, 11) is 2.70. The summed E-state index contributed by atoms with van der Waals surface area (Å²) in [6, 6.07) is 29.0. The summed E-state index contributed by atoms with van der Waals surface area (Å²) in [5.74, 6) is -0.937. The average molecular weight is 435 g/mol. The van der Waals surface area contributed by atoms with Crippen LogP contribution in [0, 0.1) is 0 Å². The lowest BCUT2D eigenvalue weighted by molar-refractivity contribution is 0.0590. The third kappa shape index (κ3) is 3.34. The lowest BCUT2D eigenvalue weighted by atomic mass is 9.93. The van der Waals surface area contributed by atoms with Crippen LogP contribution in [0.3, 0.4) is 0 Å². The van der Waals surface area contributed by atoms with E-state index in [4.69, 9.17) is 9.47 Å². The summed E-state index contributed by atoms with van der Waals surface area (Å²) < 4.78 is 12.3. The van der Waals surface area contributed by atoms with E-state index in [2.05, 4.69) is 10.6 Å². The second-order valence-electron chi connectivity index (χ2n) is 7.63. The first kappa shape index (κ1) is 20.5. The van der Waals surface area contributed by atoms with Crippen molar-refractivity contribution >= 4 is 33.7 Å². The van der Waals surface area contributed by atoms with Gasteiger partial charge in [-0.2, -0.15) is 0 Å². The molecule has 0 amide bonds. The number of methoxy groups -OCH3 is 2. The second-order valence-corrected chi connectivity index (χ2v) is 7.63. The van der Waals surface area contributed by atoms with E-state index in [-0.39, 0.29) is 0 Å². The van der Waals surface area contributed by atoms with Gasteiger partial charge in [0.05, 0.1) is 36.4 Å². The fourth-order valence-corrected chi connectivity index (χ4v) is 4.38. The fourth-order valence-electron chi connectivity index (χ4n) is 4.38. The van der Waals surface area contributed by atoms with E-state index < -0.39 is 11.9 Å². The third-order valence-electron chi connectivity index (χ3n) is 5.85. The minimum Gasteiger partial charge on any atom is -0.465 e. The van der Waals surface area contributed by atoms with Gasteiger partial charge >= 0.3 is 11.9 Å². The first-order valence-electron chi connectivity index (χ1n) is 10.5. The van der Waals surface area contributed by atoms with Crippen molar-refractivity contribution in [2.75, 3.05) is 14.2 Å². The predicted molar refractivity (Wildman–Crippen MR) is 129 cm³/mol. The molecule has 0 fully saturated rings. The van der Waals surface area contributed by atoms with E-state index in [0.717, 1.165) is 27.5 Å². The van der Waals surface area contributed by atoms with Crippen LogP contribution in [-0.2, 0) is 9.47 Å². The number of aromatic nitrogens is 1. The highest BCUT2D eigenvalue weighted by atomic mass is 16.5. The van der Waals surface area contributed by atoms with Crippen LogP contribution >= 0.6 is 0 Å². The Morgan fingerprint density at radius 3 is 2.00 bits per heavy atom. The first-order chi connectivity index (χ1) is 16.1. The highest BCUT2D eigenvalue weighted by molar-refractivity contribution is 6.14. The Morgan fingerprint density at radius 2 is 1.24 bits per heavy atom. The van der Waals surface area contributed by atoms with Gasteiger partial charge in [-0.1, -0.05) is 54.6 Å². The number of carbonyl (C=O) groups is 2. The second kappa shape index (κ2) is 8.28. The average Bonchev–Trinajstić information content (AvgIpc) is 3.21. The molecule has 0 atom stereocenters. The number of para-hydroxylation sites is 2. The molecule has 0 aliphatic rings. The van der Waals surface area contributed by atoms with Crippen molar-refractivity contribution < 1.29 is 19.1 Å². The number of rotatable bonds is 4. The van der Waals surface area contributed by atoms with Crippen molar-refractivity contribution in [1.82, 2.24) is 4.57 Å². The number of hydrogen-bond donors (Lipinski definition) is 0. The summed E-state index contributed by atoms with van der Waals surface area (Å²) in [5.41, 5.74) is 4.93. The molecule has 33 heavy (non-hydrogen) atoms. The van der Waals surface area contributed by atoms with Gasteiger partial charge in [0, 0.05) is 16.5 Å². The lowest BCUT2D eigenvalue weighted by Gasteiger charge is -2.14. The number of hydrogen-bond acceptors (Lipinski definition) is 4. The van der Waals surface area contributed by atoms with Gasteiger partial charge in [-0.25, -0.2) is 9.59 Å². The Labute approximate surface area is 190 Å². The molecular weight excluding hydrogens is 414 g/mol. The molecule has 5 rings (SSSR count). The molecule has 1 aromatic heterocycles. The maximum atomic E-state index is 12.9. The molecule has 0 radical (unpaired) electrons. The van der Waals surface area contributed by atoms with Crippen LogP contribution < -0.4 is 0 Å². The minimum absolute atomic E-state index is 0.381. The molecule has 4 aromatic carbocycles. The smallest absolute Gasteiger partial charge is 0.338 e. The summed E-state index contributed by atoms with van der Waals surface area (Å²) in [5, 5.41) is 1.95. The van der Waals surface area contributed by atoms with Gasteiger partial charge < -0.3 is 14.0 Å². The van der Waals surface area contributed by atoms with Gasteiger partial charge in [-0.15, -0.1) is 0 Å². The van der Waals surface area contributed by atoms with Crippen molar-refractivity contribution in [3.05, 3.63) is 102 Å². The topological polar surface area (TPSA) is 57.5 Å². The molecule has 5 heteroatoms. The van der Waals surface area contributed by atoms with Crippen molar-refractivity contribution in [2.24, 2.45) is 0 Å². The van der Waals surface area contributed by atoms with Crippen LogP contribution in [0.4, 0.5) is 0 Å². The van der Waals surface area contributed by atoms with Crippen molar-refractivity contribution in [3.8, 4) is 16.8 Å². The zero-order chi connectivity index (χ0) is 22.9. The standard InChI is InChI=1S/C28H21NO4/c1-32-27(30)21-14-7-6-12-19(21)22-17-26-23(16-24(22)28(31)33-2)20-13-8-9-15-25(20)29(26)18-10-4-3-5-11-18/h3-17H,1-2H3. The molecule has 0 saturated heterocycles. The van der Waals surface area contributed by atoms with E-state index in [1.54, 1.807) is 12.1 Å². The largest absolute Gasteiger partial charge is 0.465 e. The number of esters is 2. The molecule has 0 saturated carbocycles. The molecule has 1 heterocycles. The zero-order valence-electron chi connectivity index (χ0n) is 18.2. The van der Waals surface area contributed by atoms with Crippen LogP contribution in [0.5, 0.6) is 0 Å². The van der Waals surface area contributed by atoms with Crippen LogP contribution in [-0.4, -0.2) is 30.7 Å². The quantitative estimate of drug-likeness (QED) is 0.324. The van der Waals surface area contributed by atoms with Crippen LogP contribution in [0.15, 0.2) is 91.0 Å². The molecule has 0 aliphatic heterocycles. The minimum atomic E-state index is -0.469. The molecule has 0 spiro atoms. The number of fused-ring (bicyclic) bond motifs is 3. The SMILES string of the molecule is COC(=O)c1ccccc1-c1cc2c(cc1C(=O)OC)c1ccccc1n2-c1ccccc1. The molecule has 5 nitrogen and oxygen atoms in total. The van der Waals surface area contributed by atoms with Crippen LogP contribution in [0.25, 0.3) is 38.6 Å². The number of carbonyl (C=O) groups excluding carboxylic acids is 2. The number of ether oxygens (including phenoxy) is 2. The van der Waals surface area contributed by atoms with Gasteiger partial charge in [0.25, 0.3) is 0 Å². The van der Waals surface area contributed by atoms with E-state index in [9.17, 15) is 9.59 Å². The summed E-state index contributed by atoms with van der Waals surface area (Å²) in [6.07, 6.45) is 0. The lowest BCUT2D eigenvalue weighted by Crippen LogP contribution is -2.08. The predicted octanol–water partition coefficient (Wildman–Crippen LogP) is 6.02. The van der Waals surface area contributed by atoms with E-state index in [1.807, 2.05) is 72.8 Å². The maximum absolute atomic E-state index is 12.9. The molecule has 0 N–H and O–H groups in total. The Morgan fingerprint density at radius 1 is 0.606 bits per heavy atom. The van der Waals surface area contributed by atoms with E-state index >= 15 is 0 Å². The van der Waals surface area contributed by atoms with E-state index in [0.29, 0.717) is 22.3 Å². The molecule has 162 valence electrons. The van der Waals surface area contributed by atoms with Crippen LogP contribution in [0.2, 0.25) is 0 Å². The zero-order valence-corrected chi connectivity index (χ0v) is 18.2. The van der Waals surface area contributed by atoms with Crippen molar-refractivity contribution in [1.29, 1.82) is 0 Å². The third-order valence-corrected chi connectivity index (χ3v) is 5.85. The van der Waals surface area contributed by atoms with Gasteiger partial charge in [-0.3, -0.25) is 0 Å². The molecule has 0 bridgehead atoms. The van der Waals surface area contributed by atoms with Gasteiger partial charge in [0.1, 0.15) is 0 Å². The molecule has 0 unspecified atom stereocenters. The normalized spacial score (nSPS) is 11.0.